The van der Waals surface area contributed by atoms with Crippen molar-refractivity contribution >= 4 is 5.91 Å². The topological polar surface area (TPSA) is 61.8 Å². The number of carbonyl (C=O) groups is 1. The van der Waals surface area contributed by atoms with E-state index in [1.54, 1.807) is 19.2 Å². The first-order chi connectivity index (χ1) is 11.0. The monoisotopic (exact) mass is 324 g/mol. The largest absolute Gasteiger partial charge is 0.393 e. The molecule has 0 saturated heterocycles. The minimum atomic E-state index is -0.302. The van der Waals surface area contributed by atoms with Crippen LogP contribution in [-0.2, 0) is 9.53 Å². The molecule has 0 bridgehead atoms. The zero-order valence-corrected chi connectivity index (χ0v) is 13.7. The second-order valence-corrected chi connectivity index (χ2v) is 6.21. The third-order valence-electron chi connectivity index (χ3n) is 4.26. The van der Waals surface area contributed by atoms with Crippen molar-refractivity contribution in [2.24, 2.45) is 5.92 Å². The molecule has 1 aliphatic rings. The van der Waals surface area contributed by atoms with Crippen LogP contribution in [0.5, 0.6) is 0 Å². The Balaban J connectivity index is 1.97. The van der Waals surface area contributed by atoms with Crippen molar-refractivity contribution in [3.8, 4) is 0 Å². The van der Waals surface area contributed by atoms with E-state index >= 15 is 0 Å². The quantitative estimate of drug-likeness (QED) is 0.757. The van der Waals surface area contributed by atoms with Crippen molar-refractivity contribution < 1.29 is 19.0 Å². The lowest BCUT2D eigenvalue weighted by atomic mass is 9.75. The zero-order valence-electron chi connectivity index (χ0n) is 13.7. The zero-order chi connectivity index (χ0) is 16.8. The van der Waals surface area contributed by atoms with Gasteiger partial charge in [-0.15, -0.1) is 0 Å². The highest BCUT2D eigenvalue weighted by atomic mass is 19.1. The lowest BCUT2D eigenvalue weighted by Gasteiger charge is -2.38. The van der Waals surface area contributed by atoms with Crippen LogP contribution in [0, 0.1) is 11.7 Å². The van der Waals surface area contributed by atoms with E-state index in [1.807, 2.05) is 11.9 Å². The van der Waals surface area contributed by atoms with Crippen LogP contribution < -0.4 is 5.32 Å². The maximum absolute atomic E-state index is 13.1. The molecule has 0 radical (unpaired) electrons. The highest BCUT2D eigenvalue weighted by molar-refractivity contribution is 5.78. The Bertz CT molecular complexity index is 503. The Morgan fingerprint density at radius 1 is 1.43 bits per heavy atom. The summed E-state index contributed by atoms with van der Waals surface area (Å²) < 4.78 is 18.1. The number of halogens is 1. The summed E-state index contributed by atoms with van der Waals surface area (Å²) in [6.07, 6.45) is 1.01. The van der Waals surface area contributed by atoms with E-state index in [0.29, 0.717) is 26.0 Å². The molecule has 5 nitrogen and oxygen atoms in total. The number of amides is 1. The van der Waals surface area contributed by atoms with Crippen molar-refractivity contribution in [1.82, 2.24) is 10.2 Å². The van der Waals surface area contributed by atoms with Gasteiger partial charge in [0.2, 0.25) is 5.91 Å². The summed E-state index contributed by atoms with van der Waals surface area (Å²) in [6, 6.07) is 5.99. The molecule has 1 fully saturated rings. The van der Waals surface area contributed by atoms with Gasteiger partial charge in [0.25, 0.3) is 0 Å². The Labute approximate surface area is 136 Å². The fourth-order valence-electron chi connectivity index (χ4n) is 2.84. The summed E-state index contributed by atoms with van der Waals surface area (Å²) >= 11 is 0. The van der Waals surface area contributed by atoms with Crippen LogP contribution >= 0.6 is 0 Å². The number of rotatable bonds is 8. The van der Waals surface area contributed by atoms with Crippen molar-refractivity contribution in [2.75, 3.05) is 33.9 Å². The van der Waals surface area contributed by atoms with E-state index in [0.717, 1.165) is 5.56 Å². The van der Waals surface area contributed by atoms with E-state index < -0.39 is 0 Å². The molecule has 2 rings (SSSR count). The van der Waals surface area contributed by atoms with Gasteiger partial charge in [0.15, 0.2) is 0 Å². The van der Waals surface area contributed by atoms with Crippen LogP contribution in [0.2, 0.25) is 0 Å². The SMILES string of the molecule is COCCN(C)CC(=O)N[C@@H](c1ccc(F)cc1)C1CC(O)C1. The average Bonchev–Trinajstić information content (AvgIpc) is 2.49. The first kappa shape index (κ1) is 17.8. The molecule has 6 heteroatoms. The highest BCUT2D eigenvalue weighted by Crippen LogP contribution is 2.38. The number of aliphatic hydroxyl groups excluding tert-OH is 1. The van der Waals surface area contributed by atoms with Crippen LogP contribution in [-0.4, -0.2) is 55.9 Å². The maximum Gasteiger partial charge on any atom is 0.234 e. The van der Waals surface area contributed by atoms with E-state index in [4.69, 9.17) is 4.74 Å². The van der Waals surface area contributed by atoms with Crippen LogP contribution in [0.15, 0.2) is 24.3 Å². The molecule has 1 atom stereocenters. The molecule has 0 spiro atoms. The number of aliphatic hydroxyl groups is 1. The van der Waals surface area contributed by atoms with Gasteiger partial charge >= 0.3 is 0 Å². The minimum absolute atomic E-state index is 0.0840. The average molecular weight is 324 g/mol. The second-order valence-electron chi connectivity index (χ2n) is 6.21. The summed E-state index contributed by atoms with van der Waals surface area (Å²) in [6.45, 7) is 1.52. The van der Waals surface area contributed by atoms with Crippen LogP contribution in [0.3, 0.4) is 0 Å². The molecular weight excluding hydrogens is 299 g/mol. The molecule has 128 valence electrons. The Hall–Kier alpha value is -1.50. The smallest absolute Gasteiger partial charge is 0.234 e. The standard InChI is InChI=1S/C17H25FN2O3/c1-20(7-8-23-2)11-16(22)19-17(13-9-15(21)10-13)12-3-5-14(18)6-4-12/h3-6,13,15,17,21H,7-11H2,1-2H3,(H,19,22)/t13?,15?,17-/m0/s1. The van der Waals surface area contributed by atoms with E-state index in [9.17, 15) is 14.3 Å². The van der Waals surface area contributed by atoms with Gasteiger partial charge in [0.1, 0.15) is 5.82 Å². The molecule has 0 heterocycles. The van der Waals surface area contributed by atoms with E-state index in [1.165, 1.54) is 12.1 Å². The Morgan fingerprint density at radius 2 is 2.09 bits per heavy atom. The molecule has 2 N–H and O–H groups in total. The van der Waals surface area contributed by atoms with Gasteiger partial charge in [-0.1, -0.05) is 12.1 Å². The van der Waals surface area contributed by atoms with Gasteiger partial charge in [0.05, 0.1) is 25.3 Å². The van der Waals surface area contributed by atoms with Crippen molar-refractivity contribution in [3.63, 3.8) is 0 Å². The predicted octanol–water partition coefficient (Wildman–Crippen LogP) is 1.33. The molecule has 23 heavy (non-hydrogen) atoms. The number of carbonyl (C=O) groups excluding carboxylic acids is 1. The number of methoxy groups -OCH3 is 1. The molecule has 1 aliphatic carbocycles. The number of hydrogen-bond acceptors (Lipinski definition) is 4. The summed E-state index contributed by atoms with van der Waals surface area (Å²) in [7, 11) is 3.49. The summed E-state index contributed by atoms with van der Waals surface area (Å²) in [5.74, 6) is -0.199. The Kier molecular flexibility index (Phi) is 6.50. The van der Waals surface area contributed by atoms with Gasteiger partial charge in [-0.05, 0) is 43.5 Å². The summed E-state index contributed by atoms with van der Waals surface area (Å²) in [4.78, 5) is 14.1. The fourth-order valence-corrected chi connectivity index (χ4v) is 2.84. The molecule has 0 unspecified atom stereocenters. The number of nitrogens with zero attached hydrogens (tertiary/aromatic N) is 1. The molecule has 1 aromatic carbocycles. The van der Waals surface area contributed by atoms with Gasteiger partial charge in [-0.3, -0.25) is 9.69 Å². The van der Waals surface area contributed by atoms with E-state index in [2.05, 4.69) is 5.32 Å². The Morgan fingerprint density at radius 3 is 2.65 bits per heavy atom. The summed E-state index contributed by atoms with van der Waals surface area (Å²) in [5, 5.41) is 12.6. The second kappa shape index (κ2) is 8.38. The lowest BCUT2D eigenvalue weighted by Crippen LogP contribution is -2.44. The molecule has 0 aliphatic heterocycles. The maximum atomic E-state index is 13.1. The lowest BCUT2D eigenvalue weighted by molar-refractivity contribution is -0.124. The highest BCUT2D eigenvalue weighted by Gasteiger charge is 2.35. The number of nitrogens with one attached hydrogen (secondary N) is 1. The molecule has 1 aromatic rings. The molecule has 0 aromatic heterocycles. The van der Waals surface area contributed by atoms with Crippen molar-refractivity contribution in [1.29, 1.82) is 0 Å². The van der Waals surface area contributed by atoms with Crippen molar-refractivity contribution in [3.05, 3.63) is 35.6 Å². The van der Waals surface area contributed by atoms with Crippen molar-refractivity contribution in [2.45, 2.75) is 25.0 Å². The van der Waals surface area contributed by atoms with Gasteiger partial charge < -0.3 is 15.2 Å². The molecule has 1 saturated carbocycles. The number of hydrogen-bond donors (Lipinski definition) is 2. The normalized spacial score (nSPS) is 21.8. The molecular formula is C17H25FN2O3. The van der Waals surface area contributed by atoms with Gasteiger partial charge in [-0.2, -0.15) is 0 Å². The molecule has 1 amide bonds. The van der Waals surface area contributed by atoms with Crippen LogP contribution in [0.1, 0.15) is 24.4 Å². The number of benzene rings is 1. The van der Waals surface area contributed by atoms with Crippen LogP contribution in [0.4, 0.5) is 4.39 Å². The number of likely N-dealkylation sites (N-methyl/N-ethyl adjacent to an activating group) is 1. The first-order valence-corrected chi connectivity index (χ1v) is 7.90. The predicted molar refractivity (Wildman–Crippen MR) is 85.4 cm³/mol. The van der Waals surface area contributed by atoms with Crippen LogP contribution in [0.25, 0.3) is 0 Å². The number of ether oxygens (including phenoxy) is 1. The van der Waals surface area contributed by atoms with Gasteiger partial charge in [0, 0.05) is 13.7 Å². The minimum Gasteiger partial charge on any atom is -0.393 e. The van der Waals surface area contributed by atoms with E-state index in [-0.39, 0.29) is 36.3 Å². The summed E-state index contributed by atoms with van der Waals surface area (Å²) in [5.41, 5.74) is 0.871. The third kappa shape index (κ3) is 5.27. The fraction of sp³-hybridized carbons (Fsp3) is 0.588. The third-order valence-corrected chi connectivity index (χ3v) is 4.26. The first-order valence-electron chi connectivity index (χ1n) is 7.90. The van der Waals surface area contributed by atoms with Gasteiger partial charge in [-0.25, -0.2) is 4.39 Å².